The fourth-order valence-electron chi connectivity index (χ4n) is 3.64. The minimum absolute atomic E-state index is 0.0716. The molecule has 0 aromatic carbocycles. The average molecular weight is 289 g/mol. The molecule has 2 rings (SSSR count). The molecule has 0 aliphatic heterocycles. The van der Waals surface area contributed by atoms with E-state index in [2.05, 4.69) is 6.92 Å². The Hall–Kier alpha value is -0.130. The predicted octanol–water partition coefficient (Wildman–Crippen LogP) is 1.88. The molecule has 2 fully saturated rings. The van der Waals surface area contributed by atoms with Gasteiger partial charge in [0, 0.05) is 12.8 Å². The molecular weight excluding hydrogens is 262 g/mol. The molecule has 0 bridgehead atoms. The lowest BCUT2D eigenvalue weighted by molar-refractivity contribution is -0.0971. The monoisotopic (exact) mass is 289 g/mol. The van der Waals surface area contributed by atoms with Crippen molar-refractivity contribution in [1.82, 2.24) is 0 Å². The van der Waals surface area contributed by atoms with Gasteiger partial charge in [-0.15, -0.1) is 0 Å². The summed E-state index contributed by atoms with van der Waals surface area (Å²) in [7, 11) is -2.94. The van der Waals surface area contributed by atoms with Crippen LogP contribution in [0.15, 0.2) is 0 Å². The smallest absolute Gasteiger partial charge is 0.150 e. The second kappa shape index (κ2) is 5.70. The van der Waals surface area contributed by atoms with E-state index in [9.17, 15) is 8.42 Å². The molecule has 2 aliphatic rings. The molecule has 4 nitrogen and oxygen atoms in total. The van der Waals surface area contributed by atoms with Crippen molar-refractivity contribution in [2.75, 3.05) is 12.8 Å². The molecule has 0 radical (unpaired) electrons. The van der Waals surface area contributed by atoms with Crippen molar-refractivity contribution >= 4 is 9.84 Å². The van der Waals surface area contributed by atoms with Crippen molar-refractivity contribution < 1.29 is 13.2 Å². The fourth-order valence-corrected chi connectivity index (χ4v) is 4.80. The van der Waals surface area contributed by atoms with Crippen LogP contribution in [0.4, 0.5) is 0 Å². The predicted molar refractivity (Wildman–Crippen MR) is 76.8 cm³/mol. The minimum Gasteiger partial charge on any atom is -0.370 e. The zero-order valence-corrected chi connectivity index (χ0v) is 12.9. The van der Waals surface area contributed by atoms with Crippen molar-refractivity contribution in [3.05, 3.63) is 0 Å². The van der Waals surface area contributed by atoms with E-state index in [1.54, 1.807) is 0 Å². The average Bonchev–Trinajstić information content (AvgIpc) is 2.71. The first-order valence-corrected chi connectivity index (χ1v) is 9.37. The maximum atomic E-state index is 11.7. The molecule has 2 N–H and O–H groups in total. The Labute approximate surface area is 117 Å². The van der Waals surface area contributed by atoms with Gasteiger partial charge in [-0.25, -0.2) is 8.42 Å². The summed E-state index contributed by atoms with van der Waals surface area (Å²) in [5, 5.41) is -0.222. The van der Waals surface area contributed by atoms with Crippen LogP contribution in [0.2, 0.25) is 0 Å². The lowest BCUT2D eigenvalue weighted by Crippen LogP contribution is -2.44. The molecule has 0 heterocycles. The summed E-state index contributed by atoms with van der Waals surface area (Å²) in [6.45, 7) is 2.79. The summed E-state index contributed by atoms with van der Waals surface area (Å²) in [5.41, 5.74) is 5.73. The van der Waals surface area contributed by atoms with Gasteiger partial charge in [0.25, 0.3) is 0 Å². The fraction of sp³-hybridized carbons (Fsp3) is 1.00. The number of hydrogen-bond acceptors (Lipinski definition) is 4. The first kappa shape index (κ1) is 15.3. The second-order valence-corrected chi connectivity index (χ2v) is 8.92. The standard InChI is InChI=1S/C14H27NO3S/c1-11-6-7-14(9-11,10-15)18-12-4-3-5-13(8-12)19(2,16)17/h11-13H,3-10,15H2,1-2H3. The van der Waals surface area contributed by atoms with Crippen LogP contribution in [0.25, 0.3) is 0 Å². The Kier molecular flexibility index (Phi) is 4.58. The minimum atomic E-state index is -2.94. The van der Waals surface area contributed by atoms with Gasteiger partial charge in [-0.1, -0.05) is 6.92 Å². The lowest BCUT2D eigenvalue weighted by atomic mass is 9.94. The molecule has 0 saturated heterocycles. The molecule has 0 amide bonds. The molecule has 2 aliphatic carbocycles. The highest BCUT2D eigenvalue weighted by Crippen LogP contribution is 2.39. The molecule has 112 valence electrons. The van der Waals surface area contributed by atoms with E-state index < -0.39 is 9.84 Å². The van der Waals surface area contributed by atoms with Crippen LogP contribution in [0, 0.1) is 5.92 Å². The van der Waals surface area contributed by atoms with Crippen LogP contribution < -0.4 is 5.73 Å². The lowest BCUT2D eigenvalue weighted by Gasteiger charge is -2.36. The largest absolute Gasteiger partial charge is 0.370 e. The Morgan fingerprint density at radius 3 is 2.58 bits per heavy atom. The molecule has 5 heteroatoms. The Morgan fingerprint density at radius 2 is 2.05 bits per heavy atom. The Balaban J connectivity index is 1.98. The quantitative estimate of drug-likeness (QED) is 0.858. The highest BCUT2D eigenvalue weighted by molar-refractivity contribution is 7.91. The third-order valence-corrected chi connectivity index (χ3v) is 6.42. The molecule has 0 spiro atoms. The molecular formula is C14H27NO3S. The van der Waals surface area contributed by atoms with Crippen LogP contribution >= 0.6 is 0 Å². The van der Waals surface area contributed by atoms with Gasteiger partial charge in [0.15, 0.2) is 0 Å². The maximum absolute atomic E-state index is 11.7. The first-order valence-electron chi connectivity index (χ1n) is 7.41. The molecule has 4 atom stereocenters. The van der Waals surface area contributed by atoms with Gasteiger partial charge in [0.05, 0.1) is 17.0 Å². The van der Waals surface area contributed by atoms with E-state index in [-0.39, 0.29) is 17.0 Å². The Morgan fingerprint density at radius 1 is 1.32 bits per heavy atom. The third-order valence-electron chi connectivity index (χ3n) is 4.79. The summed E-state index contributed by atoms with van der Waals surface area (Å²) in [4.78, 5) is 0. The summed E-state index contributed by atoms with van der Waals surface area (Å²) in [6.07, 6.45) is 7.96. The van der Waals surface area contributed by atoms with Crippen LogP contribution in [0.1, 0.15) is 51.9 Å². The summed E-state index contributed by atoms with van der Waals surface area (Å²) < 4.78 is 29.7. The van der Waals surface area contributed by atoms with Crippen molar-refractivity contribution in [2.24, 2.45) is 11.7 Å². The SMILES string of the molecule is CC1CCC(CN)(OC2CCCC(S(C)(=O)=O)C2)C1. The van der Waals surface area contributed by atoms with E-state index in [0.717, 1.165) is 32.1 Å². The summed E-state index contributed by atoms with van der Waals surface area (Å²) in [6, 6.07) is 0. The molecule has 2 saturated carbocycles. The first-order chi connectivity index (χ1) is 8.85. The van der Waals surface area contributed by atoms with Gasteiger partial charge in [0.1, 0.15) is 9.84 Å². The van der Waals surface area contributed by atoms with Crippen LogP contribution in [-0.4, -0.2) is 38.2 Å². The zero-order chi connectivity index (χ0) is 14.1. The van der Waals surface area contributed by atoms with E-state index >= 15 is 0 Å². The van der Waals surface area contributed by atoms with E-state index in [0.29, 0.717) is 18.9 Å². The maximum Gasteiger partial charge on any atom is 0.150 e. The molecule has 19 heavy (non-hydrogen) atoms. The topological polar surface area (TPSA) is 69.4 Å². The number of ether oxygens (including phenoxy) is 1. The normalized spacial score (nSPS) is 40.5. The summed E-state index contributed by atoms with van der Waals surface area (Å²) in [5.74, 6) is 0.665. The van der Waals surface area contributed by atoms with Crippen LogP contribution in [0.5, 0.6) is 0 Å². The van der Waals surface area contributed by atoms with Gasteiger partial charge < -0.3 is 10.5 Å². The summed E-state index contributed by atoms with van der Waals surface area (Å²) >= 11 is 0. The number of rotatable bonds is 4. The highest BCUT2D eigenvalue weighted by Gasteiger charge is 2.41. The van der Waals surface area contributed by atoms with Crippen molar-refractivity contribution in [3.8, 4) is 0 Å². The van der Waals surface area contributed by atoms with Crippen molar-refractivity contribution in [1.29, 1.82) is 0 Å². The second-order valence-electron chi connectivity index (χ2n) is 6.59. The van der Waals surface area contributed by atoms with Crippen molar-refractivity contribution in [3.63, 3.8) is 0 Å². The van der Waals surface area contributed by atoms with Crippen LogP contribution in [0.3, 0.4) is 0 Å². The van der Waals surface area contributed by atoms with Gasteiger partial charge in [-0.05, 0) is 50.9 Å². The van der Waals surface area contributed by atoms with E-state index in [4.69, 9.17) is 10.5 Å². The van der Waals surface area contributed by atoms with E-state index in [1.165, 1.54) is 12.7 Å². The number of nitrogens with two attached hydrogens (primary N) is 1. The van der Waals surface area contributed by atoms with Gasteiger partial charge >= 0.3 is 0 Å². The highest BCUT2D eigenvalue weighted by atomic mass is 32.2. The molecule has 0 aromatic rings. The molecule has 4 unspecified atom stereocenters. The number of sulfone groups is 1. The Bertz CT molecular complexity index is 409. The van der Waals surface area contributed by atoms with Gasteiger partial charge in [-0.2, -0.15) is 0 Å². The number of hydrogen-bond donors (Lipinski definition) is 1. The zero-order valence-electron chi connectivity index (χ0n) is 12.1. The third kappa shape index (κ3) is 3.70. The van der Waals surface area contributed by atoms with Crippen LogP contribution in [-0.2, 0) is 14.6 Å². The van der Waals surface area contributed by atoms with E-state index in [1.807, 2.05) is 0 Å². The van der Waals surface area contributed by atoms with Crippen molar-refractivity contribution in [2.45, 2.75) is 68.8 Å². The van der Waals surface area contributed by atoms with Gasteiger partial charge in [0.2, 0.25) is 0 Å². The van der Waals surface area contributed by atoms with Gasteiger partial charge in [-0.3, -0.25) is 0 Å². The molecule has 0 aromatic heterocycles.